The fraction of sp³-hybridized carbons (Fsp3) is 0.111. The number of anilines is 1. The Morgan fingerprint density at radius 2 is 2.00 bits per heavy atom. The van der Waals surface area contributed by atoms with Crippen molar-refractivity contribution in [1.82, 2.24) is 35.3 Å². The van der Waals surface area contributed by atoms with Gasteiger partial charge in [-0.2, -0.15) is 9.78 Å². The average Bonchev–Trinajstić information content (AvgIpc) is 3.63. The highest BCUT2D eigenvalue weighted by atomic mass is 35.5. The number of rotatable bonds is 5. The number of nitrogens with zero attached hydrogens (tertiary/aromatic N) is 6. The second-order valence-electron chi connectivity index (χ2n) is 8.84. The fourth-order valence-corrected chi connectivity index (χ4v) is 4.89. The van der Waals surface area contributed by atoms with Gasteiger partial charge >= 0.3 is 0 Å². The van der Waals surface area contributed by atoms with Crippen LogP contribution in [0.4, 0.5) is 5.69 Å². The third kappa shape index (κ3) is 4.53. The van der Waals surface area contributed by atoms with Gasteiger partial charge in [0, 0.05) is 34.3 Å². The van der Waals surface area contributed by atoms with Crippen LogP contribution in [0.3, 0.4) is 0 Å². The maximum absolute atomic E-state index is 13.7. The van der Waals surface area contributed by atoms with E-state index in [2.05, 4.69) is 31.0 Å². The Kier molecular flexibility index (Phi) is 6.14. The van der Waals surface area contributed by atoms with E-state index in [9.17, 15) is 9.59 Å². The van der Waals surface area contributed by atoms with E-state index in [1.54, 1.807) is 35.4 Å². The lowest BCUT2D eigenvalue weighted by atomic mass is 9.91. The van der Waals surface area contributed by atoms with Gasteiger partial charge in [0.25, 0.3) is 5.91 Å². The summed E-state index contributed by atoms with van der Waals surface area (Å²) in [6.45, 7) is 0.396. The van der Waals surface area contributed by atoms with Crippen LogP contribution in [0.15, 0.2) is 79.3 Å². The molecule has 10 nitrogen and oxygen atoms in total. The number of amides is 2. The Labute approximate surface area is 221 Å². The summed E-state index contributed by atoms with van der Waals surface area (Å²) >= 11 is 6.22. The standard InChI is InChI=1S/C27H21ClN8O2/c28-20-7-9-24(36-16-30-33-34-36)18(13-20)6-10-25(37)35-12-11-17-3-1-2-4-22(17)26(35)27(38)31-21-8-5-19-15-29-32-23(19)14-21/h1-10,13-16,26H,11-12H2,(H,29,32)(H,31,38). The van der Waals surface area contributed by atoms with Gasteiger partial charge in [-0.15, -0.1) is 5.10 Å². The lowest BCUT2D eigenvalue weighted by molar-refractivity contribution is -0.135. The highest BCUT2D eigenvalue weighted by molar-refractivity contribution is 6.30. The number of aromatic amines is 1. The summed E-state index contributed by atoms with van der Waals surface area (Å²) in [6, 6.07) is 17.6. The van der Waals surface area contributed by atoms with Crippen molar-refractivity contribution >= 4 is 46.1 Å². The topological polar surface area (TPSA) is 122 Å². The fourth-order valence-electron chi connectivity index (χ4n) is 4.71. The largest absolute Gasteiger partial charge is 0.324 e. The Bertz CT molecular complexity index is 1680. The first-order valence-corrected chi connectivity index (χ1v) is 12.3. The van der Waals surface area contributed by atoms with Crippen molar-refractivity contribution in [2.24, 2.45) is 0 Å². The molecule has 188 valence electrons. The molecule has 1 aliphatic heterocycles. The summed E-state index contributed by atoms with van der Waals surface area (Å²) < 4.78 is 1.49. The van der Waals surface area contributed by atoms with Gasteiger partial charge in [-0.05, 0) is 70.4 Å². The van der Waals surface area contributed by atoms with Crippen LogP contribution in [-0.4, -0.2) is 53.7 Å². The van der Waals surface area contributed by atoms with Crippen LogP contribution in [-0.2, 0) is 16.0 Å². The monoisotopic (exact) mass is 524 g/mol. The molecular weight excluding hydrogens is 504 g/mol. The first-order valence-electron chi connectivity index (χ1n) is 11.9. The summed E-state index contributed by atoms with van der Waals surface area (Å²) in [5.74, 6) is -0.596. The molecule has 3 heterocycles. The van der Waals surface area contributed by atoms with E-state index in [1.807, 2.05) is 42.5 Å². The average molecular weight is 525 g/mol. The van der Waals surface area contributed by atoms with E-state index >= 15 is 0 Å². The van der Waals surface area contributed by atoms with Crippen LogP contribution in [0.25, 0.3) is 22.7 Å². The molecule has 1 unspecified atom stereocenters. The first-order chi connectivity index (χ1) is 18.6. The SMILES string of the molecule is O=C(Nc1ccc2cn[nH]c2c1)C1c2ccccc2CCN1C(=O)C=Cc1cc(Cl)ccc1-n1cnnn1. The molecule has 6 rings (SSSR count). The number of nitrogens with one attached hydrogen (secondary N) is 2. The molecular formula is C27H21ClN8O2. The van der Waals surface area contributed by atoms with Crippen molar-refractivity contribution < 1.29 is 9.59 Å². The van der Waals surface area contributed by atoms with Gasteiger partial charge in [-0.1, -0.05) is 35.9 Å². The number of halogens is 1. The van der Waals surface area contributed by atoms with Crippen molar-refractivity contribution in [2.75, 3.05) is 11.9 Å². The van der Waals surface area contributed by atoms with Crippen LogP contribution in [0, 0.1) is 0 Å². The van der Waals surface area contributed by atoms with Crippen LogP contribution in [0.2, 0.25) is 5.02 Å². The van der Waals surface area contributed by atoms with Crippen molar-refractivity contribution in [3.63, 3.8) is 0 Å². The van der Waals surface area contributed by atoms with Crippen LogP contribution >= 0.6 is 11.6 Å². The molecule has 0 radical (unpaired) electrons. The maximum atomic E-state index is 13.7. The lowest BCUT2D eigenvalue weighted by Crippen LogP contribution is -2.44. The van der Waals surface area contributed by atoms with Crippen molar-refractivity contribution in [3.8, 4) is 5.69 Å². The Morgan fingerprint density at radius 1 is 1.11 bits per heavy atom. The Balaban J connectivity index is 1.31. The van der Waals surface area contributed by atoms with E-state index in [0.29, 0.717) is 34.9 Å². The molecule has 0 saturated heterocycles. The van der Waals surface area contributed by atoms with Gasteiger partial charge in [0.15, 0.2) is 0 Å². The van der Waals surface area contributed by atoms with Gasteiger partial charge in [0.1, 0.15) is 12.4 Å². The van der Waals surface area contributed by atoms with Gasteiger partial charge < -0.3 is 10.2 Å². The third-order valence-corrected chi connectivity index (χ3v) is 6.75. The zero-order chi connectivity index (χ0) is 26.1. The summed E-state index contributed by atoms with van der Waals surface area (Å²) in [6.07, 6.45) is 6.94. The number of carbonyl (C=O) groups is 2. The second kappa shape index (κ2) is 9.91. The molecule has 0 aliphatic carbocycles. The lowest BCUT2D eigenvalue weighted by Gasteiger charge is -2.35. The predicted molar refractivity (Wildman–Crippen MR) is 143 cm³/mol. The van der Waals surface area contributed by atoms with Crippen LogP contribution in [0.5, 0.6) is 0 Å². The van der Waals surface area contributed by atoms with E-state index < -0.39 is 6.04 Å². The number of tetrazole rings is 1. The smallest absolute Gasteiger partial charge is 0.251 e. The molecule has 2 N–H and O–H groups in total. The quantitative estimate of drug-likeness (QED) is 0.335. The number of hydrogen-bond acceptors (Lipinski definition) is 6. The zero-order valence-electron chi connectivity index (χ0n) is 20.0. The molecule has 38 heavy (non-hydrogen) atoms. The molecule has 1 aliphatic rings. The molecule has 3 aromatic carbocycles. The molecule has 0 fully saturated rings. The van der Waals surface area contributed by atoms with Gasteiger partial charge in [-0.3, -0.25) is 14.7 Å². The predicted octanol–water partition coefficient (Wildman–Crippen LogP) is 3.97. The molecule has 11 heteroatoms. The Hall–Kier alpha value is -4.83. The van der Waals surface area contributed by atoms with Crippen molar-refractivity contribution in [1.29, 1.82) is 0 Å². The van der Waals surface area contributed by atoms with E-state index in [-0.39, 0.29) is 11.8 Å². The molecule has 1 atom stereocenters. The highest BCUT2D eigenvalue weighted by Crippen LogP contribution is 2.32. The number of carbonyl (C=O) groups excluding carboxylic acids is 2. The molecule has 0 bridgehead atoms. The minimum absolute atomic E-state index is 0.296. The van der Waals surface area contributed by atoms with Crippen LogP contribution < -0.4 is 5.32 Å². The van der Waals surface area contributed by atoms with Crippen molar-refractivity contribution in [3.05, 3.63) is 101 Å². The Morgan fingerprint density at radius 3 is 2.87 bits per heavy atom. The molecule has 2 aromatic heterocycles. The molecule has 0 saturated carbocycles. The normalized spacial score (nSPS) is 15.1. The van der Waals surface area contributed by atoms with Gasteiger partial charge in [0.2, 0.25) is 5.91 Å². The minimum Gasteiger partial charge on any atom is -0.324 e. The molecule has 5 aromatic rings. The maximum Gasteiger partial charge on any atom is 0.251 e. The first kappa shape index (κ1) is 23.6. The van der Waals surface area contributed by atoms with E-state index in [0.717, 1.165) is 22.0 Å². The second-order valence-corrected chi connectivity index (χ2v) is 9.27. The van der Waals surface area contributed by atoms with Gasteiger partial charge in [-0.25, -0.2) is 0 Å². The summed E-state index contributed by atoms with van der Waals surface area (Å²) in [5, 5.41) is 22.7. The molecule has 2 amide bonds. The summed E-state index contributed by atoms with van der Waals surface area (Å²) in [4.78, 5) is 28.8. The third-order valence-electron chi connectivity index (χ3n) is 6.52. The van der Waals surface area contributed by atoms with Crippen LogP contribution in [0.1, 0.15) is 22.7 Å². The van der Waals surface area contributed by atoms with Crippen molar-refractivity contribution in [2.45, 2.75) is 12.5 Å². The number of H-pyrrole nitrogens is 1. The molecule has 0 spiro atoms. The number of aromatic nitrogens is 6. The van der Waals surface area contributed by atoms with E-state index in [4.69, 9.17) is 11.6 Å². The minimum atomic E-state index is -0.798. The number of fused-ring (bicyclic) bond motifs is 2. The highest BCUT2D eigenvalue weighted by Gasteiger charge is 2.35. The zero-order valence-corrected chi connectivity index (χ0v) is 20.7. The number of hydrogen-bond donors (Lipinski definition) is 2. The summed E-state index contributed by atoms with van der Waals surface area (Å²) in [7, 11) is 0. The summed E-state index contributed by atoms with van der Waals surface area (Å²) in [5.41, 5.74) is 4.59. The van der Waals surface area contributed by atoms with Gasteiger partial charge in [0.05, 0.1) is 17.4 Å². The number of benzene rings is 3. The van der Waals surface area contributed by atoms with E-state index in [1.165, 1.54) is 17.1 Å².